The van der Waals surface area contributed by atoms with E-state index in [1.165, 1.54) is 16.8 Å². The lowest BCUT2D eigenvalue weighted by atomic mass is 9.93. The number of carbonyl (C=O) groups excluding carboxylic acids is 1. The second kappa shape index (κ2) is 8.79. The topological polar surface area (TPSA) is 68.1 Å². The third kappa shape index (κ3) is 4.60. The van der Waals surface area contributed by atoms with Crippen molar-refractivity contribution in [1.29, 1.82) is 0 Å². The molecule has 2 aromatic heterocycles. The van der Waals surface area contributed by atoms with Crippen molar-refractivity contribution >= 4 is 17.5 Å². The van der Waals surface area contributed by atoms with E-state index in [9.17, 15) is 9.59 Å². The predicted molar refractivity (Wildman–Crippen MR) is 116 cm³/mol. The van der Waals surface area contributed by atoms with E-state index in [0.29, 0.717) is 18.8 Å². The van der Waals surface area contributed by atoms with Crippen molar-refractivity contribution in [3.05, 3.63) is 92.6 Å². The van der Waals surface area contributed by atoms with Crippen molar-refractivity contribution in [2.45, 2.75) is 25.2 Å². The number of aryl methyl sites for hydroxylation is 1. The molecule has 0 saturated carbocycles. The maximum absolute atomic E-state index is 12.9. The van der Waals surface area contributed by atoms with E-state index < -0.39 is 0 Å². The smallest absolute Gasteiger partial charge is 0.274 e. The summed E-state index contributed by atoms with van der Waals surface area (Å²) in [6, 6.07) is 16.8. The summed E-state index contributed by atoms with van der Waals surface area (Å²) in [5.41, 5.74) is 3.22. The van der Waals surface area contributed by atoms with Crippen molar-refractivity contribution in [2.24, 2.45) is 7.05 Å². The molecule has 7 heteroatoms. The molecule has 0 N–H and O–H groups in total. The number of hydrogen-bond acceptors (Lipinski definition) is 4. The van der Waals surface area contributed by atoms with Crippen molar-refractivity contribution in [3.63, 3.8) is 0 Å². The van der Waals surface area contributed by atoms with Crippen molar-refractivity contribution in [1.82, 2.24) is 19.7 Å². The normalized spacial score (nSPS) is 16.5. The average Bonchev–Trinajstić information content (AvgIpc) is 2.77. The molecular formula is C23H23ClN4O2. The molecule has 1 saturated heterocycles. The Balaban J connectivity index is 1.49. The molecule has 0 bridgehead atoms. The first-order valence-electron chi connectivity index (χ1n) is 10.0. The van der Waals surface area contributed by atoms with E-state index in [0.717, 1.165) is 41.2 Å². The molecule has 1 aromatic carbocycles. The van der Waals surface area contributed by atoms with Gasteiger partial charge in [0.1, 0.15) is 5.69 Å². The number of piperidine rings is 1. The van der Waals surface area contributed by atoms with Crippen LogP contribution in [0.4, 0.5) is 0 Å². The largest absolute Gasteiger partial charge is 0.337 e. The van der Waals surface area contributed by atoms with Gasteiger partial charge < -0.3 is 4.90 Å². The quantitative estimate of drug-likeness (QED) is 0.645. The van der Waals surface area contributed by atoms with Crippen LogP contribution in [0.25, 0.3) is 0 Å². The van der Waals surface area contributed by atoms with Crippen molar-refractivity contribution in [2.75, 3.05) is 13.1 Å². The van der Waals surface area contributed by atoms with Crippen LogP contribution < -0.4 is 5.56 Å². The van der Waals surface area contributed by atoms with Gasteiger partial charge in [-0.05, 0) is 48.7 Å². The first-order valence-corrected chi connectivity index (χ1v) is 10.4. The van der Waals surface area contributed by atoms with E-state index in [4.69, 9.17) is 16.6 Å². The highest BCUT2D eigenvalue weighted by molar-refractivity contribution is 6.30. The van der Waals surface area contributed by atoms with E-state index in [1.54, 1.807) is 7.05 Å². The van der Waals surface area contributed by atoms with Gasteiger partial charge in [0, 0.05) is 55.0 Å². The molecule has 30 heavy (non-hydrogen) atoms. The van der Waals surface area contributed by atoms with E-state index in [-0.39, 0.29) is 17.4 Å². The Morgan fingerprint density at radius 2 is 1.93 bits per heavy atom. The van der Waals surface area contributed by atoms with E-state index in [2.05, 4.69) is 5.10 Å². The molecule has 1 aliphatic heterocycles. The molecule has 3 heterocycles. The van der Waals surface area contributed by atoms with E-state index >= 15 is 0 Å². The Morgan fingerprint density at radius 3 is 2.70 bits per heavy atom. The Labute approximate surface area is 180 Å². The zero-order valence-electron chi connectivity index (χ0n) is 16.8. The van der Waals surface area contributed by atoms with Crippen LogP contribution in [0.15, 0.2) is 59.4 Å². The summed E-state index contributed by atoms with van der Waals surface area (Å²) < 4.78 is 1.19. The van der Waals surface area contributed by atoms with Crippen LogP contribution in [0.1, 0.15) is 46.2 Å². The first-order chi connectivity index (χ1) is 14.5. The fraction of sp³-hybridized carbons (Fsp3) is 0.304. The Bertz CT molecular complexity index is 1110. The molecule has 1 aliphatic rings. The fourth-order valence-electron chi connectivity index (χ4n) is 3.82. The van der Waals surface area contributed by atoms with Gasteiger partial charge in [-0.2, -0.15) is 5.10 Å². The van der Waals surface area contributed by atoms with Gasteiger partial charge in [0.05, 0.1) is 0 Å². The van der Waals surface area contributed by atoms with Crippen LogP contribution >= 0.6 is 11.6 Å². The Kier molecular flexibility index (Phi) is 5.95. The number of benzene rings is 1. The van der Waals surface area contributed by atoms with Crippen molar-refractivity contribution < 1.29 is 4.79 Å². The fourth-order valence-corrected chi connectivity index (χ4v) is 3.94. The second-order valence-electron chi connectivity index (χ2n) is 7.63. The molecule has 0 radical (unpaired) electrons. The highest BCUT2D eigenvalue weighted by Crippen LogP contribution is 2.27. The number of hydrogen-bond donors (Lipinski definition) is 0. The molecule has 4 rings (SSSR count). The lowest BCUT2D eigenvalue weighted by Gasteiger charge is -2.32. The summed E-state index contributed by atoms with van der Waals surface area (Å²) in [5.74, 6) is 0.0352. The minimum atomic E-state index is -0.232. The minimum Gasteiger partial charge on any atom is -0.337 e. The first kappa shape index (κ1) is 20.3. The zero-order chi connectivity index (χ0) is 21.1. The van der Waals surface area contributed by atoms with Gasteiger partial charge in [-0.25, -0.2) is 4.68 Å². The SMILES string of the molecule is Cn1nc(C(=O)N2CCC[C@H](c3cccc(Cc4ccc(Cl)cc4)n3)C2)ccc1=O. The molecule has 1 fully saturated rings. The summed E-state index contributed by atoms with van der Waals surface area (Å²) in [5, 5.41) is 4.82. The number of nitrogens with zero attached hydrogens (tertiary/aromatic N) is 4. The molecule has 0 unspecified atom stereocenters. The summed E-state index contributed by atoms with van der Waals surface area (Å²) in [7, 11) is 1.55. The average molecular weight is 423 g/mol. The summed E-state index contributed by atoms with van der Waals surface area (Å²) in [6.45, 7) is 1.28. The van der Waals surface area contributed by atoms with Gasteiger partial charge in [0.2, 0.25) is 0 Å². The molecule has 1 atom stereocenters. The molecule has 154 valence electrons. The van der Waals surface area contributed by atoms with Crippen LogP contribution in [0.5, 0.6) is 0 Å². The van der Waals surface area contributed by atoms with Gasteiger partial charge in [0.15, 0.2) is 0 Å². The highest BCUT2D eigenvalue weighted by Gasteiger charge is 2.27. The van der Waals surface area contributed by atoms with Gasteiger partial charge >= 0.3 is 0 Å². The molecule has 6 nitrogen and oxygen atoms in total. The molecular weight excluding hydrogens is 400 g/mol. The van der Waals surface area contributed by atoms with Gasteiger partial charge in [-0.15, -0.1) is 0 Å². The number of aromatic nitrogens is 3. The van der Waals surface area contributed by atoms with Crippen molar-refractivity contribution in [3.8, 4) is 0 Å². The standard InChI is InChI=1S/C23H23ClN4O2/c1-27-22(29)12-11-21(26-27)23(30)28-13-3-4-17(15-28)20-6-2-5-19(25-20)14-16-7-9-18(24)10-8-16/h2,5-12,17H,3-4,13-15H2,1H3/t17-/m0/s1. The Morgan fingerprint density at radius 1 is 1.13 bits per heavy atom. The second-order valence-corrected chi connectivity index (χ2v) is 8.06. The van der Waals surface area contributed by atoms with Crippen LogP contribution in [-0.2, 0) is 13.5 Å². The minimum absolute atomic E-state index is 0.146. The van der Waals surface area contributed by atoms with Gasteiger partial charge in [-0.1, -0.05) is 29.8 Å². The van der Waals surface area contributed by atoms with Gasteiger partial charge in [0.25, 0.3) is 11.5 Å². The van der Waals surface area contributed by atoms with Gasteiger partial charge in [-0.3, -0.25) is 14.6 Å². The predicted octanol–water partition coefficient (Wildman–Crippen LogP) is 3.44. The third-order valence-electron chi connectivity index (χ3n) is 5.43. The van der Waals surface area contributed by atoms with Crippen LogP contribution in [0.3, 0.4) is 0 Å². The number of amides is 1. The molecule has 0 aliphatic carbocycles. The lowest BCUT2D eigenvalue weighted by molar-refractivity contribution is 0.0697. The molecule has 3 aromatic rings. The molecule has 0 spiro atoms. The highest BCUT2D eigenvalue weighted by atomic mass is 35.5. The zero-order valence-corrected chi connectivity index (χ0v) is 17.5. The maximum atomic E-state index is 12.9. The molecule has 1 amide bonds. The summed E-state index contributed by atoms with van der Waals surface area (Å²) in [4.78, 5) is 31.1. The maximum Gasteiger partial charge on any atom is 0.274 e. The monoisotopic (exact) mass is 422 g/mol. The number of halogens is 1. The van der Waals surface area contributed by atoms with Crippen LogP contribution in [0, 0.1) is 0 Å². The lowest BCUT2D eigenvalue weighted by Crippen LogP contribution is -2.40. The number of carbonyl (C=O) groups is 1. The van der Waals surface area contributed by atoms with Crippen LogP contribution in [-0.4, -0.2) is 38.7 Å². The summed E-state index contributed by atoms with van der Waals surface area (Å²) >= 11 is 5.97. The number of rotatable bonds is 4. The van der Waals surface area contributed by atoms with E-state index in [1.807, 2.05) is 47.4 Å². The number of likely N-dealkylation sites (tertiary alicyclic amines) is 1. The Hall–Kier alpha value is -2.99. The number of pyridine rings is 1. The third-order valence-corrected chi connectivity index (χ3v) is 5.69. The van der Waals surface area contributed by atoms with Crippen LogP contribution in [0.2, 0.25) is 5.02 Å². The summed E-state index contributed by atoms with van der Waals surface area (Å²) in [6.07, 6.45) is 2.63.